The summed E-state index contributed by atoms with van der Waals surface area (Å²) < 4.78 is 0. The number of nitro benzene ring substituents is 1. The highest BCUT2D eigenvalue weighted by Gasteiger charge is 2.09. The zero-order valence-corrected chi connectivity index (χ0v) is 11.6. The fourth-order valence-corrected chi connectivity index (χ4v) is 1.71. The van der Waals surface area contributed by atoms with Gasteiger partial charge in [-0.05, 0) is 18.2 Å². The molecule has 0 bridgehead atoms. The SMILES string of the molecule is O=C(CNc1ccccc1)N/N=C\c1ccccc1[N+](=O)[O-]. The van der Waals surface area contributed by atoms with Gasteiger partial charge in [0.2, 0.25) is 0 Å². The standard InChI is InChI=1S/C15H14N4O3/c20-15(11-16-13-7-2-1-3-8-13)18-17-10-12-6-4-5-9-14(12)19(21)22/h1-10,16H,11H2,(H,18,20)/b17-10-. The third kappa shape index (κ3) is 4.41. The van der Waals surface area contributed by atoms with Crippen molar-refractivity contribution in [3.63, 3.8) is 0 Å². The lowest BCUT2D eigenvalue weighted by Gasteiger charge is -2.04. The van der Waals surface area contributed by atoms with Crippen LogP contribution in [-0.4, -0.2) is 23.6 Å². The maximum atomic E-state index is 11.6. The number of amides is 1. The highest BCUT2D eigenvalue weighted by atomic mass is 16.6. The Morgan fingerprint density at radius 3 is 2.55 bits per heavy atom. The van der Waals surface area contributed by atoms with Crippen molar-refractivity contribution < 1.29 is 9.72 Å². The van der Waals surface area contributed by atoms with Crippen LogP contribution in [0.1, 0.15) is 5.56 Å². The molecular weight excluding hydrogens is 284 g/mol. The zero-order chi connectivity index (χ0) is 15.8. The molecule has 7 heteroatoms. The molecule has 0 aromatic heterocycles. The summed E-state index contributed by atoms with van der Waals surface area (Å²) in [5.41, 5.74) is 3.39. The van der Waals surface area contributed by atoms with E-state index in [0.29, 0.717) is 5.56 Å². The first-order valence-electron chi connectivity index (χ1n) is 6.51. The lowest BCUT2D eigenvalue weighted by molar-refractivity contribution is -0.385. The Kier molecular flexibility index (Phi) is 5.20. The van der Waals surface area contributed by atoms with Crippen LogP contribution in [-0.2, 0) is 4.79 Å². The highest BCUT2D eigenvalue weighted by Crippen LogP contribution is 2.14. The molecule has 0 unspecified atom stereocenters. The average Bonchev–Trinajstić information content (AvgIpc) is 2.54. The topological polar surface area (TPSA) is 96.6 Å². The summed E-state index contributed by atoms with van der Waals surface area (Å²) in [4.78, 5) is 21.9. The van der Waals surface area contributed by atoms with E-state index in [0.717, 1.165) is 5.69 Å². The van der Waals surface area contributed by atoms with Crippen molar-refractivity contribution in [3.05, 3.63) is 70.3 Å². The van der Waals surface area contributed by atoms with Gasteiger partial charge in [-0.1, -0.05) is 30.3 Å². The van der Waals surface area contributed by atoms with E-state index in [9.17, 15) is 14.9 Å². The second kappa shape index (κ2) is 7.53. The van der Waals surface area contributed by atoms with E-state index in [1.54, 1.807) is 18.2 Å². The van der Waals surface area contributed by atoms with Crippen molar-refractivity contribution in [2.24, 2.45) is 5.10 Å². The van der Waals surface area contributed by atoms with Gasteiger partial charge in [0.05, 0.1) is 23.2 Å². The van der Waals surface area contributed by atoms with Crippen LogP contribution in [0.4, 0.5) is 11.4 Å². The van der Waals surface area contributed by atoms with Crippen LogP contribution in [0, 0.1) is 10.1 Å². The van der Waals surface area contributed by atoms with Crippen LogP contribution >= 0.6 is 0 Å². The molecule has 112 valence electrons. The van der Waals surface area contributed by atoms with Crippen LogP contribution in [0.2, 0.25) is 0 Å². The maximum absolute atomic E-state index is 11.6. The van der Waals surface area contributed by atoms with Gasteiger partial charge in [0.15, 0.2) is 0 Å². The van der Waals surface area contributed by atoms with Crippen LogP contribution in [0.25, 0.3) is 0 Å². The van der Waals surface area contributed by atoms with Crippen molar-refractivity contribution in [1.82, 2.24) is 5.43 Å². The smallest absolute Gasteiger partial charge is 0.278 e. The number of nitrogens with one attached hydrogen (secondary N) is 2. The summed E-state index contributed by atoms with van der Waals surface area (Å²) in [7, 11) is 0. The zero-order valence-electron chi connectivity index (χ0n) is 11.6. The Bertz CT molecular complexity index is 686. The van der Waals surface area contributed by atoms with Crippen molar-refractivity contribution in [3.8, 4) is 0 Å². The van der Waals surface area contributed by atoms with Gasteiger partial charge in [-0.2, -0.15) is 5.10 Å². The summed E-state index contributed by atoms with van der Waals surface area (Å²) in [6, 6.07) is 15.4. The molecule has 1 amide bonds. The average molecular weight is 298 g/mol. The molecule has 0 fully saturated rings. The lowest BCUT2D eigenvalue weighted by atomic mass is 10.2. The number of hydrogen-bond donors (Lipinski definition) is 2. The number of nitro groups is 1. The molecule has 0 atom stereocenters. The van der Waals surface area contributed by atoms with Gasteiger partial charge >= 0.3 is 0 Å². The van der Waals surface area contributed by atoms with Crippen molar-refractivity contribution in [1.29, 1.82) is 0 Å². The van der Waals surface area contributed by atoms with Gasteiger partial charge < -0.3 is 5.32 Å². The first kappa shape index (κ1) is 15.2. The normalized spacial score (nSPS) is 10.4. The van der Waals surface area contributed by atoms with E-state index in [-0.39, 0.29) is 18.1 Å². The number of nitrogens with zero attached hydrogens (tertiary/aromatic N) is 2. The summed E-state index contributed by atoms with van der Waals surface area (Å²) in [5, 5.41) is 17.5. The first-order chi connectivity index (χ1) is 10.7. The van der Waals surface area contributed by atoms with E-state index in [4.69, 9.17) is 0 Å². The number of carbonyl (C=O) groups is 1. The lowest BCUT2D eigenvalue weighted by Crippen LogP contribution is -2.25. The Hall–Kier alpha value is -3.22. The fourth-order valence-electron chi connectivity index (χ4n) is 1.71. The molecule has 0 aliphatic rings. The van der Waals surface area contributed by atoms with Crippen LogP contribution in [0.3, 0.4) is 0 Å². The number of para-hydroxylation sites is 2. The molecule has 0 aliphatic heterocycles. The third-order valence-corrected chi connectivity index (χ3v) is 2.75. The summed E-state index contributed by atoms with van der Waals surface area (Å²) in [5.74, 6) is -0.348. The van der Waals surface area contributed by atoms with Crippen molar-refractivity contribution in [2.75, 3.05) is 11.9 Å². The number of carbonyl (C=O) groups excluding carboxylic acids is 1. The molecule has 0 spiro atoms. The Balaban J connectivity index is 1.87. The Labute approximate surface area is 126 Å². The fraction of sp³-hybridized carbons (Fsp3) is 0.0667. The largest absolute Gasteiger partial charge is 0.376 e. The third-order valence-electron chi connectivity index (χ3n) is 2.75. The number of anilines is 1. The number of hydrazone groups is 1. The molecule has 2 aromatic carbocycles. The second-order valence-electron chi connectivity index (χ2n) is 4.33. The van der Waals surface area contributed by atoms with Gasteiger partial charge in [-0.15, -0.1) is 0 Å². The van der Waals surface area contributed by atoms with Crippen molar-refractivity contribution in [2.45, 2.75) is 0 Å². The van der Waals surface area contributed by atoms with E-state index in [1.807, 2.05) is 30.3 Å². The summed E-state index contributed by atoms with van der Waals surface area (Å²) in [6.45, 7) is 0.0538. The number of rotatable bonds is 6. The van der Waals surface area contributed by atoms with Crippen LogP contribution < -0.4 is 10.7 Å². The molecule has 0 radical (unpaired) electrons. The van der Waals surface area contributed by atoms with E-state index < -0.39 is 4.92 Å². The molecule has 0 heterocycles. The minimum absolute atomic E-state index is 0.0538. The molecule has 0 saturated heterocycles. The van der Waals surface area contributed by atoms with E-state index in [1.165, 1.54) is 12.3 Å². The quantitative estimate of drug-likeness (QED) is 0.485. The van der Waals surface area contributed by atoms with Gasteiger partial charge in [0.25, 0.3) is 11.6 Å². The monoisotopic (exact) mass is 298 g/mol. The second-order valence-corrected chi connectivity index (χ2v) is 4.33. The number of benzene rings is 2. The van der Waals surface area contributed by atoms with Gasteiger partial charge in [-0.25, -0.2) is 5.43 Å². The maximum Gasteiger partial charge on any atom is 0.278 e. The molecule has 7 nitrogen and oxygen atoms in total. The molecular formula is C15H14N4O3. The van der Waals surface area contributed by atoms with E-state index in [2.05, 4.69) is 15.8 Å². The minimum Gasteiger partial charge on any atom is -0.376 e. The molecule has 2 rings (SSSR count). The van der Waals surface area contributed by atoms with Crippen LogP contribution in [0.5, 0.6) is 0 Å². The Morgan fingerprint density at radius 1 is 1.14 bits per heavy atom. The van der Waals surface area contributed by atoms with Crippen molar-refractivity contribution >= 4 is 23.5 Å². The van der Waals surface area contributed by atoms with E-state index >= 15 is 0 Å². The molecule has 2 N–H and O–H groups in total. The highest BCUT2D eigenvalue weighted by molar-refractivity contribution is 5.87. The Morgan fingerprint density at radius 2 is 1.82 bits per heavy atom. The minimum atomic E-state index is -0.500. The predicted octanol–water partition coefficient (Wildman–Crippen LogP) is 2.16. The summed E-state index contributed by atoms with van der Waals surface area (Å²) >= 11 is 0. The van der Waals surface area contributed by atoms with Gasteiger partial charge in [0, 0.05) is 11.8 Å². The first-order valence-corrected chi connectivity index (χ1v) is 6.51. The molecule has 2 aromatic rings. The van der Waals surface area contributed by atoms with Gasteiger partial charge in [0.1, 0.15) is 0 Å². The summed E-state index contributed by atoms with van der Waals surface area (Å²) in [6.07, 6.45) is 1.25. The molecule has 0 aliphatic carbocycles. The molecule has 22 heavy (non-hydrogen) atoms. The van der Waals surface area contributed by atoms with Crippen LogP contribution in [0.15, 0.2) is 59.7 Å². The van der Waals surface area contributed by atoms with Gasteiger partial charge in [-0.3, -0.25) is 14.9 Å². The number of hydrogen-bond acceptors (Lipinski definition) is 5. The molecule has 0 saturated carbocycles. The predicted molar refractivity (Wildman–Crippen MR) is 83.8 cm³/mol.